The van der Waals surface area contributed by atoms with E-state index in [0.29, 0.717) is 6.04 Å². The van der Waals surface area contributed by atoms with Crippen LogP contribution in [0.3, 0.4) is 0 Å². The van der Waals surface area contributed by atoms with Crippen LogP contribution >= 0.6 is 0 Å². The van der Waals surface area contributed by atoms with Crippen molar-refractivity contribution in [3.63, 3.8) is 0 Å². The molecule has 0 saturated carbocycles. The lowest BCUT2D eigenvalue weighted by Gasteiger charge is -2.14. The first-order valence-corrected chi connectivity index (χ1v) is 9.39. The quantitative estimate of drug-likeness (QED) is 0.488. The molecule has 0 bridgehead atoms. The second-order valence-electron chi connectivity index (χ2n) is 6.80. The summed E-state index contributed by atoms with van der Waals surface area (Å²) in [6.45, 7) is 4.25. The van der Waals surface area contributed by atoms with Crippen LogP contribution in [0.2, 0.25) is 0 Å². The summed E-state index contributed by atoms with van der Waals surface area (Å²) in [5.41, 5.74) is 4.83. The molecule has 140 valence electrons. The fourth-order valence-corrected chi connectivity index (χ4v) is 3.02. The Labute approximate surface area is 163 Å². The minimum absolute atomic E-state index is 0.275. The first-order chi connectivity index (χ1) is 13.6. The standard InChI is InChI=1S/C23H21FN4/c1-3-15(2)26-21-14-17(12-13-25-21)23-22(16-8-10-18(24)11-9-16)27-19-6-4-5-7-20(19)28-23/h4-15H,3H2,1-2H3,(H,25,26). The summed E-state index contributed by atoms with van der Waals surface area (Å²) in [5, 5.41) is 3.40. The Bertz CT molecular complexity index is 1110. The average Bonchev–Trinajstić information content (AvgIpc) is 2.73. The Balaban J connectivity index is 1.89. The van der Waals surface area contributed by atoms with Crippen LogP contribution in [0, 0.1) is 5.82 Å². The lowest BCUT2D eigenvalue weighted by Crippen LogP contribution is -2.14. The number of benzene rings is 2. The molecular formula is C23H21FN4. The molecule has 2 heterocycles. The summed E-state index contributed by atoms with van der Waals surface area (Å²) in [6.07, 6.45) is 2.77. The van der Waals surface area contributed by atoms with Gasteiger partial charge in [-0.05, 0) is 61.9 Å². The number of pyridine rings is 1. The van der Waals surface area contributed by atoms with E-state index in [1.165, 1.54) is 12.1 Å². The number of halogens is 1. The van der Waals surface area contributed by atoms with Gasteiger partial charge in [0.15, 0.2) is 0 Å². The molecule has 0 aliphatic rings. The second kappa shape index (κ2) is 7.72. The molecule has 2 aromatic heterocycles. The van der Waals surface area contributed by atoms with Crippen molar-refractivity contribution in [2.45, 2.75) is 26.3 Å². The Morgan fingerprint density at radius 1 is 0.893 bits per heavy atom. The maximum Gasteiger partial charge on any atom is 0.126 e. The minimum atomic E-state index is -0.275. The van der Waals surface area contributed by atoms with Gasteiger partial charge in [-0.1, -0.05) is 19.1 Å². The van der Waals surface area contributed by atoms with E-state index in [1.807, 2.05) is 36.4 Å². The predicted molar refractivity (Wildman–Crippen MR) is 112 cm³/mol. The third-order valence-electron chi connectivity index (χ3n) is 4.73. The summed E-state index contributed by atoms with van der Waals surface area (Å²) >= 11 is 0. The monoisotopic (exact) mass is 372 g/mol. The fourth-order valence-electron chi connectivity index (χ4n) is 3.02. The molecule has 0 fully saturated rings. The maximum absolute atomic E-state index is 13.4. The SMILES string of the molecule is CCC(C)Nc1cc(-c2nc3ccccc3nc2-c2ccc(F)cc2)ccn1. The molecule has 4 nitrogen and oxygen atoms in total. The third-order valence-corrected chi connectivity index (χ3v) is 4.73. The molecular weight excluding hydrogens is 351 g/mol. The molecule has 28 heavy (non-hydrogen) atoms. The summed E-state index contributed by atoms with van der Waals surface area (Å²) in [5.74, 6) is 0.523. The van der Waals surface area contributed by atoms with Crippen molar-refractivity contribution in [3.05, 3.63) is 72.7 Å². The van der Waals surface area contributed by atoms with Crippen molar-refractivity contribution in [1.29, 1.82) is 0 Å². The molecule has 4 aromatic rings. The molecule has 1 atom stereocenters. The molecule has 0 aliphatic heterocycles. The van der Waals surface area contributed by atoms with Crippen LogP contribution < -0.4 is 5.32 Å². The van der Waals surface area contributed by atoms with Crippen molar-refractivity contribution in [2.75, 3.05) is 5.32 Å². The highest BCUT2D eigenvalue weighted by Gasteiger charge is 2.14. The highest BCUT2D eigenvalue weighted by Crippen LogP contribution is 2.31. The third kappa shape index (κ3) is 3.69. The lowest BCUT2D eigenvalue weighted by atomic mass is 10.0. The van der Waals surface area contributed by atoms with Crippen molar-refractivity contribution in [1.82, 2.24) is 15.0 Å². The summed E-state index contributed by atoms with van der Waals surface area (Å²) in [6, 6.07) is 18.3. The van der Waals surface area contributed by atoms with Crippen LogP contribution in [0.1, 0.15) is 20.3 Å². The largest absolute Gasteiger partial charge is 0.368 e. The Morgan fingerprint density at radius 3 is 2.18 bits per heavy atom. The highest BCUT2D eigenvalue weighted by molar-refractivity contribution is 5.86. The normalized spacial score (nSPS) is 12.1. The highest BCUT2D eigenvalue weighted by atomic mass is 19.1. The van der Waals surface area contributed by atoms with Crippen LogP contribution in [0.5, 0.6) is 0 Å². The van der Waals surface area contributed by atoms with Gasteiger partial charge < -0.3 is 5.32 Å². The number of fused-ring (bicyclic) bond motifs is 1. The lowest BCUT2D eigenvalue weighted by molar-refractivity contribution is 0.628. The second-order valence-corrected chi connectivity index (χ2v) is 6.80. The van der Waals surface area contributed by atoms with Crippen LogP contribution in [0.4, 0.5) is 10.2 Å². The van der Waals surface area contributed by atoms with E-state index in [4.69, 9.17) is 9.97 Å². The molecule has 0 radical (unpaired) electrons. The molecule has 1 unspecified atom stereocenters. The zero-order valence-corrected chi connectivity index (χ0v) is 15.9. The van der Waals surface area contributed by atoms with Gasteiger partial charge in [-0.3, -0.25) is 0 Å². The zero-order chi connectivity index (χ0) is 19.5. The van der Waals surface area contributed by atoms with Gasteiger partial charge in [0.05, 0.1) is 22.4 Å². The summed E-state index contributed by atoms with van der Waals surface area (Å²) in [4.78, 5) is 14.1. The first-order valence-electron chi connectivity index (χ1n) is 9.39. The number of anilines is 1. The van der Waals surface area contributed by atoms with E-state index in [-0.39, 0.29) is 5.82 Å². The number of rotatable bonds is 5. The zero-order valence-electron chi connectivity index (χ0n) is 15.9. The number of nitrogens with one attached hydrogen (secondary N) is 1. The molecule has 0 amide bonds. The van der Waals surface area contributed by atoms with Gasteiger partial charge in [0.2, 0.25) is 0 Å². The number of aromatic nitrogens is 3. The molecule has 0 aliphatic carbocycles. The van der Waals surface area contributed by atoms with Gasteiger partial charge >= 0.3 is 0 Å². The Hall–Kier alpha value is -3.34. The van der Waals surface area contributed by atoms with Crippen LogP contribution in [0.15, 0.2) is 66.9 Å². The van der Waals surface area contributed by atoms with Crippen molar-refractivity contribution < 1.29 is 4.39 Å². The fraction of sp³-hybridized carbons (Fsp3) is 0.174. The van der Waals surface area contributed by atoms with Gasteiger partial charge in [0.25, 0.3) is 0 Å². The topological polar surface area (TPSA) is 50.7 Å². The summed E-state index contributed by atoms with van der Waals surface area (Å²) in [7, 11) is 0. The van der Waals surface area contributed by atoms with Gasteiger partial charge in [-0.15, -0.1) is 0 Å². The number of nitrogens with zero attached hydrogens (tertiary/aromatic N) is 3. The molecule has 2 aromatic carbocycles. The molecule has 4 rings (SSSR count). The number of hydrogen-bond acceptors (Lipinski definition) is 4. The Kier molecular flexibility index (Phi) is 4.98. The minimum Gasteiger partial charge on any atom is -0.368 e. The van der Waals surface area contributed by atoms with Gasteiger partial charge in [0, 0.05) is 23.4 Å². The number of hydrogen-bond donors (Lipinski definition) is 1. The van der Waals surface area contributed by atoms with Gasteiger partial charge in [0.1, 0.15) is 11.6 Å². The number of para-hydroxylation sites is 2. The summed E-state index contributed by atoms with van der Waals surface area (Å²) < 4.78 is 13.4. The van der Waals surface area contributed by atoms with E-state index < -0.39 is 0 Å². The van der Waals surface area contributed by atoms with E-state index in [9.17, 15) is 4.39 Å². The first kappa shape index (κ1) is 18.0. The van der Waals surface area contributed by atoms with Gasteiger partial charge in [-0.25, -0.2) is 19.3 Å². The maximum atomic E-state index is 13.4. The van der Waals surface area contributed by atoms with E-state index >= 15 is 0 Å². The average molecular weight is 372 g/mol. The molecule has 1 N–H and O–H groups in total. The molecule has 0 saturated heterocycles. The van der Waals surface area contributed by atoms with E-state index in [2.05, 4.69) is 24.1 Å². The van der Waals surface area contributed by atoms with Crippen molar-refractivity contribution in [3.8, 4) is 22.5 Å². The van der Waals surface area contributed by atoms with Gasteiger partial charge in [-0.2, -0.15) is 0 Å². The van der Waals surface area contributed by atoms with Crippen LogP contribution in [-0.2, 0) is 0 Å². The smallest absolute Gasteiger partial charge is 0.126 e. The molecule has 0 spiro atoms. The predicted octanol–water partition coefficient (Wildman–Crippen LogP) is 5.71. The van der Waals surface area contributed by atoms with Crippen LogP contribution in [0.25, 0.3) is 33.5 Å². The van der Waals surface area contributed by atoms with E-state index in [0.717, 1.165) is 45.8 Å². The Morgan fingerprint density at radius 2 is 1.54 bits per heavy atom. The van der Waals surface area contributed by atoms with E-state index in [1.54, 1.807) is 18.3 Å². The van der Waals surface area contributed by atoms with Crippen LogP contribution in [-0.4, -0.2) is 21.0 Å². The van der Waals surface area contributed by atoms with Crippen molar-refractivity contribution >= 4 is 16.9 Å². The molecule has 5 heteroatoms. The van der Waals surface area contributed by atoms with Crippen molar-refractivity contribution in [2.24, 2.45) is 0 Å².